The number of aldehydes is 1. The lowest BCUT2D eigenvalue weighted by molar-refractivity contribution is 0.111. The van der Waals surface area contributed by atoms with E-state index in [9.17, 15) is 4.79 Å². The number of rotatable bonds is 4. The second kappa shape index (κ2) is 5.90. The molecule has 0 saturated heterocycles. The van der Waals surface area contributed by atoms with E-state index in [0.29, 0.717) is 17.9 Å². The summed E-state index contributed by atoms with van der Waals surface area (Å²) in [5, 5.41) is 0. The van der Waals surface area contributed by atoms with Crippen molar-refractivity contribution in [1.82, 2.24) is 0 Å². The van der Waals surface area contributed by atoms with E-state index in [1.165, 1.54) is 5.56 Å². The minimum atomic E-state index is -0.00931. The smallest absolute Gasteiger partial charge is 0.153 e. The molecule has 3 nitrogen and oxygen atoms in total. The van der Waals surface area contributed by atoms with E-state index in [4.69, 9.17) is 9.47 Å². The fourth-order valence-electron chi connectivity index (χ4n) is 2.56. The fraction of sp³-hybridized carbons (Fsp3) is 0.235. The van der Waals surface area contributed by atoms with Gasteiger partial charge in [0.25, 0.3) is 0 Å². The van der Waals surface area contributed by atoms with Crippen LogP contribution in [0.25, 0.3) is 0 Å². The van der Waals surface area contributed by atoms with Gasteiger partial charge in [-0.15, -0.1) is 0 Å². The average molecular weight is 347 g/mol. The Balaban J connectivity index is 1.71. The highest BCUT2D eigenvalue weighted by molar-refractivity contribution is 9.10. The van der Waals surface area contributed by atoms with Crippen molar-refractivity contribution < 1.29 is 14.3 Å². The summed E-state index contributed by atoms with van der Waals surface area (Å²) >= 11 is 3.39. The summed E-state index contributed by atoms with van der Waals surface area (Å²) in [6, 6.07) is 11.7. The molecule has 0 bridgehead atoms. The number of aryl methyl sites for hydroxylation is 1. The van der Waals surface area contributed by atoms with Gasteiger partial charge in [0.05, 0.1) is 5.56 Å². The Kier molecular flexibility index (Phi) is 3.97. The summed E-state index contributed by atoms with van der Waals surface area (Å²) in [7, 11) is 0. The molecule has 0 saturated carbocycles. The molecule has 3 rings (SSSR count). The monoisotopic (exact) mass is 346 g/mol. The summed E-state index contributed by atoms with van der Waals surface area (Å²) in [6.45, 7) is 2.36. The van der Waals surface area contributed by atoms with Crippen LogP contribution in [0.4, 0.5) is 0 Å². The van der Waals surface area contributed by atoms with Crippen LogP contribution in [-0.4, -0.2) is 19.0 Å². The Hall–Kier alpha value is -1.81. The van der Waals surface area contributed by atoms with Crippen LogP contribution in [0.15, 0.2) is 40.9 Å². The van der Waals surface area contributed by atoms with Crippen molar-refractivity contribution in [3.05, 3.63) is 57.6 Å². The van der Waals surface area contributed by atoms with E-state index in [1.807, 2.05) is 31.2 Å². The molecule has 4 heteroatoms. The van der Waals surface area contributed by atoms with E-state index >= 15 is 0 Å². The third-order valence-corrected chi connectivity index (χ3v) is 3.98. The van der Waals surface area contributed by atoms with Gasteiger partial charge >= 0.3 is 0 Å². The highest BCUT2D eigenvalue weighted by atomic mass is 79.9. The van der Waals surface area contributed by atoms with Crippen molar-refractivity contribution in [2.24, 2.45) is 0 Å². The standard InChI is InChI=1S/C17H15BrO3/c1-11-6-14(18)7-13(9-19)17(11)20-10-15-8-12-4-2-3-5-16(12)21-15/h2-7,9,15H,8,10H2,1H3. The molecule has 2 aromatic carbocycles. The molecular formula is C17H15BrO3. The van der Waals surface area contributed by atoms with E-state index in [-0.39, 0.29) is 6.10 Å². The van der Waals surface area contributed by atoms with Crippen molar-refractivity contribution in [2.45, 2.75) is 19.4 Å². The summed E-state index contributed by atoms with van der Waals surface area (Å²) in [5.74, 6) is 1.56. The second-order valence-electron chi connectivity index (χ2n) is 5.12. The molecule has 0 N–H and O–H groups in total. The van der Waals surface area contributed by atoms with Gasteiger partial charge in [0.2, 0.25) is 0 Å². The normalized spacial score (nSPS) is 16.2. The molecule has 2 aromatic rings. The van der Waals surface area contributed by atoms with E-state index in [2.05, 4.69) is 22.0 Å². The lowest BCUT2D eigenvalue weighted by Crippen LogP contribution is -2.23. The molecule has 1 heterocycles. The first-order valence-electron chi connectivity index (χ1n) is 6.80. The molecule has 1 atom stereocenters. The van der Waals surface area contributed by atoms with Crippen LogP contribution in [-0.2, 0) is 6.42 Å². The minimum Gasteiger partial charge on any atom is -0.489 e. The minimum absolute atomic E-state index is 0.00931. The van der Waals surface area contributed by atoms with Crippen molar-refractivity contribution in [3.63, 3.8) is 0 Å². The SMILES string of the molecule is Cc1cc(Br)cc(C=O)c1OCC1Cc2ccccc2O1. The number of ether oxygens (including phenoxy) is 2. The zero-order valence-corrected chi connectivity index (χ0v) is 13.2. The molecule has 1 unspecified atom stereocenters. The zero-order valence-electron chi connectivity index (χ0n) is 11.6. The molecule has 108 valence electrons. The maximum absolute atomic E-state index is 11.2. The van der Waals surface area contributed by atoms with Crippen LogP contribution < -0.4 is 9.47 Å². The Morgan fingerprint density at radius 1 is 1.38 bits per heavy atom. The van der Waals surface area contributed by atoms with Crippen molar-refractivity contribution in [3.8, 4) is 11.5 Å². The summed E-state index contributed by atoms with van der Waals surface area (Å²) in [6.07, 6.45) is 1.64. The Bertz CT molecular complexity index is 657. The number of benzene rings is 2. The Labute approximate surface area is 132 Å². The van der Waals surface area contributed by atoms with Gasteiger partial charge in [-0.1, -0.05) is 34.1 Å². The Morgan fingerprint density at radius 2 is 2.19 bits per heavy atom. The number of carbonyl (C=O) groups is 1. The molecule has 0 amide bonds. The van der Waals surface area contributed by atoms with Crippen LogP contribution in [0.3, 0.4) is 0 Å². The molecule has 21 heavy (non-hydrogen) atoms. The van der Waals surface area contributed by atoms with Gasteiger partial charge in [0, 0.05) is 10.9 Å². The predicted molar refractivity (Wildman–Crippen MR) is 84.3 cm³/mol. The maximum atomic E-state index is 11.2. The number of carbonyl (C=O) groups excluding carboxylic acids is 1. The highest BCUT2D eigenvalue weighted by Gasteiger charge is 2.23. The fourth-order valence-corrected chi connectivity index (χ4v) is 3.15. The van der Waals surface area contributed by atoms with Crippen LogP contribution >= 0.6 is 15.9 Å². The third kappa shape index (κ3) is 2.95. The van der Waals surface area contributed by atoms with Gasteiger partial charge in [-0.2, -0.15) is 0 Å². The Morgan fingerprint density at radius 3 is 2.95 bits per heavy atom. The van der Waals surface area contributed by atoms with Crippen LogP contribution in [0.2, 0.25) is 0 Å². The average Bonchev–Trinajstić information content (AvgIpc) is 2.88. The van der Waals surface area contributed by atoms with Gasteiger partial charge in [-0.05, 0) is 36.2 Å². The van der Waals surface area contributed by atoms with E-state index < -0.39 is 0 Å². The molecule has 1 aliphatic heterocycles. The van der Waals surface area contributed by atoms with E-state index in [0.717, 1.165) is 28.5 Å². The molecule has 0 fully saturated rings. The van der Waals surface area contributed by atoms with Crippen LogP contribution in [0.1, 0.15) is 21.5 Å². The maximum Gasteiger partial charge on any atom is 0.153 e. The first-order valence-corrected chi connectivity index (χ1v) is 7.59. The molecule has 1 aliphatic rings. The molecule has 0 aromatic heterocycles. The first-order chi connectivity index (χ1) is 10.2. The van der Waals surface area contributed by atoms with Gasteiger partial charge in [-0.25, -0.2) is 0 Å². The number of fused-ring (bicyclic) bond motifs is 1. The lowest BCUT2D eigenvalue weighted by Gasteiger charge is -2.15. The largest absolute Gasteiger partial charge is 0.489 e. The van der Waals surface area contributed by atoms with Gasteiger partial charge < -0.3 is 9.47 Å². The van der Waals surface area contributed by atoms with Gasteiger partial charge in [-0.3, -0.25) is 4.79 Å². The van der Waals surface area contributed by atoms with Gasteiger partial charge in [0.1, 0.15) is 24.2 Å². The van der Waals surface area contributed by atoms with Crippen LogP contribution in [0.5, 0.6) is 11.5 Å². The van der Waals surface area contributed by atoms with Crippen LogP contribution in [0, 0.1) is 6.92 Å². The molecule has 0 radical (unpaired) electrons. The quantitative estimate of drug-likeness (QED) is 0.786. The number of para-hydroxylation sites is 1. The molecular weight excluding hydrogens is 332 g/mol. The number of halogens is 1. The number of hydrogen-bond donors (Lipinski definition) is 0. The molecule has 0 aliphatic carbocycles. The number of hydrogen-bond acceptors (Lipinski definition) is 3. The first kappa shape index (κ1) is 14.1. The third-order valence-electron chi connectivity index (χ3n) is 3.52. The van der Waals surface area contributed by atoms with Crippen molar-refractivity contribution in [1.29, 1.82) is 0 Å². The van der Waals surface area contributed by atoms with Gasteiger partial charge in [0.15, 0.2) is 6.29 Å². The molecule has 0 spiro atoms. The lowest BCUT2D eigenvalue weighted by atomic mass is 10.1. The summed E-state index contributed by atoms with van der Waals surface area (Å²) in [5.41, 5.74) is 2.69. The van der Waals surface area contributed by atoms with Crippen molar-refractivity contribution >= 4 is 22.2 Å². The summed E-state index contributed by atoms with van der Waals surface area (Å²) < 4.78 is 12.6. The van der Waals surface area contributed by atoms with Crippen molar-refractivity contribution in [2.75, 3.05) is 6.61 Å². The zero-order chi connectivity index (χ0) is 14.8. The topological polar surface area (TPSA) is 35.5 Å². The second-order valence-corrected chi connectivity index (χ2v) is 6.04. The highest BCUT2D eigenvalue weighted by Crippen LogP contribution is 2.30. The predicted octanol–water partition coefficient (Wildman–Crippen LogP) is 3.95. The summed E-state index contributed by atoms with van der Waals surface area (Å²) in [4.78, 5) is 11.2. The van der Waals surface area contributed by atoms with E-state index in [1.54, 1.807) is 6.07 Å².